The van der Waals surface area contributed by atoms with Crippen molar-refractivity contribution < 1.29 is 19.4 Å². The number of piperidine rings is 1. The maximum absolute atomic E-state index is 11.6. The Balaban J connectivity index is 2.45. The molecule has 0 aliphatic carbocycles. The Morgan fingerprint density at radius 3 is 1.83 bits per heavy atom. The van der Waals surface area contributed by atoms with Gasteiger partial charge in [-0.05, 0) is 31.2 Å². The molecule has 0 spiro atoms. The van der Waals surface area contributed by atoms with Crippen LogP contribution in [0.25, 0.3) is 0 Å². The van der Waals surface area contributed by atoms with Crippen molar-refractivity contribution in [2.75, 3.05) is 13.1 Å². The molecule has 9 heteroatoms. The minimum Gasteiger partial charge on any atom is -0.343 e. The highest BCUT2D eigenvalue weighted by Crippen LogP contribution is 2.37. The van der Waals surface area contributed by atoms with Gasteiger partial charge in [0, 0.05) is 32.1 Å². The number of Topliss-reactive ketones (excluding diaryl/α,β-unsaturated/α-hetero) is 1. The molecule has 1 aliphatic heterocycles. The van der Waals surface area contributed by atoms with Crippen molar-refractivity contribution in [3.8, 4) is 0 Å². The van der Waals surface area contributed by atoms with E-state index in [-0.39, 0.29) is 11.8 Å². The number of nitro groups is 2. The van der Waals surface area contributed by atoms with E-state index in [1.54, 1.807) is 4.90 Å². The van der Waals surface area contributed by atoms with Crippen molar-refractivity contribution in [2.24, 2.45) is 0 Å². The van der Waals surface area contributed by atoms with E-state index < -0.39 is 32.6 Å². The first-order valence-electron chi connectivity index (χ1n) is 7.45. The summed E-state index contributed by atoms with van der Waals surface area (Å²) in [6, 6.07) is 2.50. The summed E-state index contributed by atoms with van der Waals surface area (Å²) in [5, 5.41) is 22.5. The van der Waals surface area contributed by atoms with Crippen molar-refractivity contribution in [1.29, 1.82) is 0 Å². The second-order valence-electron chi connectivity index (χ2n) is 5.78. The van der Waals surface area contributed by atoms with Crippen molar-refractivity contribution >= 4 is 23.1 Å². The highest BCUT2D eigenvalue weighted by atomic mass is 16.6. The van der Waals surface area contributed by atoms with Crippen molar-refractivity contribution in [1.82, 2.24) is 4.90 Å². The molecule has 2 rings (SSSR count). The van der Waals surface area contributed by atoms with Gasteiger partial charge in [0.1, 0.15) is 0 Å². The number of amides is 1. The van der Waals surface area contributed by atoms with E-state index in [1.807, 2.05) is 0 Å². The number of nitrogens with zero attached hydrogens (tertiary/aromatic N) is 3. The summed E-state index contributed by atoms with van der Waals surface area (Å²) in [6.07, 6.45) is 1.13. The Morgan fingerprint density at radius 2 is 1.50 bits per heavy atom. The molecule has 1 aromatic carbocycles. The molecule has 9 nitrogen and oxygen atoms in total. The number of carbonyl (C=O) groups excluding carboxylic acids is 2. The lowest BCUT2D eigenvalue weighted by molar-refractivity contribution is -0.394. The van der Waals surface area contributed by atoms with E-state index in [9.17, 15) is 29.8 Å². The Labute approximate surface area is 137 Å². The summed E-state index contributed by atoms with van der Waals surface area (Å²) >= 11 is 0. The first-order valence-corrected chi connectivity index (χ1v) is 7.45. The summed E-state index contributed by atoms with van der Waals surface area (Å²) in [4.78, 5) is 45.7. The largest absolute Gasteiger partial charge is 0.343 e. The Bertz CT molecular complexity index is 687. The van der Waals surface area contributed by atoms with E-state index >= 15 is 0 Å². The van der Waals surface area contributed by atoms with Crippen LogP contribution in [0, 0.1) is 20.2 Å². The zero-order chi connectivity index (χ0) is 18.0. The third kappa shape index (κ3) is 3.39. The fourth-order valence-electron chi connectivity index (χ4n) is 3.05. The van der Waals surface area contributed by atoms with E-state index in [2.05, 4.69) is 0 Å². The van der Waals surface area contributed by atoms with Crippen LogP contribution in [0.2, 0.25) is 0 Å². The van der Waals surface area contributed by atoms with Gasteiger partial charge < -0.3 is 4.90 Å². The fourth-order valence-corrected chi connectivity index (χ4v) is 3.05. The first kappa shape index (κ1) is 17.5. The average Bonchev–Trinajstić information content (AvgIpc) is 2.53. The SMILES string of the molecule is CC(=O)c1c([N+](=O)[O-])cc(C2CCN(C(C)=O)CC2)cc1[N+](=O)[O-]. The lowest BCUT2D eigenvalue weighted by atomic mass is 9.87. The van der Waals surface area contributed by atoms with E-state index in [0.29, 0.717) is 31.5 Å². The number of hydrogen-bond donors (Lipinski definition) is 0. The second-order valence-corrected chi connectivity index (χ2v) is 5.78. The van der Waals surface area contributed by atoms with Gasteiger partial charge in [-0.2, -0.15) is 0 Å². The van der Waals surface area contributed by atoms with Gasteiger partial charge in [-0.1, -0.05) is 0 Å². The lowest BCUT2D eigenvalue weighted by Gasteiger charge is -2.31. The summed E-state index contributed by atoms with van der Waals surface area (Å²) in [6.45, 7) is 3.53. The smallest absolute Gasteiger partial charge is 0.287 e. The molecule has 1 heterocycles. The van der Waals surface area contributed by atoms with Gasteiger partial charge >= 0.3 is 0 Å². The van der Waals surface area contributed by atoms with Crippen LogP contribution in [0.4, 0.5) is 11.4 Å². The zero-order valence-corrected chi connectivity index (χ0v) is 13.4. The average molecular weight is 335 g/mol. The molecule has 0 saturated carbocycles. The molecule has 0 atom stereocenters. The molecule has 0 bridgehead atoms. The summed E-state index contributed by atoms with van der Waals surface area (Å²) in [7, 11) is 0. The minimum absolute atomic E-state index is 0.0441. The molecule has 1 amide bonds. The van der Waals surface area contributed by atoms with Crippen LogP contribution in [-0.2, 0) is 4.79 Å². The third-order valence-corrected chi connectivity index (χ3v) is 4.28. The normalized spacial score (nSPS) is 15.2. The van der Waals surface area contributed by atoms with Crippen LogP contribution in [0.3, 0.4) is 0 Å². The van der Waals surface area contributed by atoms with Crippen LogP contribution in [0.1, 0.15) is 48.5 Å². The Kier molecular flexibility index (Phi) is 4.91. The third-order valence-electron chi connectivity index (χ3n) is 4.28. The predicted octanol–water partition coefficient (Wildman–Crippen LogP) is 2.43. The van der Waals surface area contributed by atoms with Gasteiger partial charge in [-0.3, -0.25) is 29.8 Å². The summed E-state index contributed by atoms with van der Waals surface area (Å²) in [5.74, 6) is -0.886. The maximum atomic E-state index is 11.6. The second kappa shape index (κ2) is 6.73. The molecular formula is C15H17N3O6. The number of benzene rings is 1. The number of carbonyl (C=O) groups is 2. The molecular weight excluding hydrogens is 318 g/mol. The molecule has 0 radical (unpaired) electrons. The topological polar surface area (TPSA) is 124 Å². The van der Waals surface area contributed by atoms with Crippen molar-refractivity contribution in [3.05, 3.63) is 43.5 Å². The quantitative estimate of drug-likeness (QED) is 0.473. The molecule has 1 aromatic rings. The van der Waals surface area contributed by atoms with Crippen LogP contribution < -0.4 is 0 Å². The highest BCUT2D eigenvalue weighted by Gasteiger charge is 2.32. The van der Waals surface area contributed by atoms with Gasteiger partial charge in [-0.25, -0.2) is 0 Å². The lowest BCUT2D eigenvalue weighted by Crippen LogP contribution is -2.36. The predicted molar refractivity (Wildman–Crippen MR) is 84.0 cm³/mol. The van der Waals surface area contributed by atoms with Gasteiger partial charge in [0.2, 0.25) is 5.91 Å². The highest BCUT2D eigenvalue weighted by molar-refractivity contribution is 6.02. The van der Waals surface area contributed by atoms with E-state index in [0.717, 1.165) is 6.92 Å². The number of rotatable bonds is 4. The Morgan fingerprint density at radius 1 is 1.04 bits per heavy atom. The van der Waals surface area contributed by atoms with Gasteiger partial charge in [0.15, 0.2) is 11.3 Å². The summed E-state index contributed by atoms with van der Waals surface area (Å²) < 4.78 is 0. The molecule has 1 saturated heterocycles. The minimum atomic E-state index is -0.766. The van der Waals surface area contributed by atoms with Gasteiger partial charge in [0.25, 0.3) is 11.4 Å². The van der Waals surface area contributed by atoms with Crippen LogP contribution in [-0.4, -0.2) is 39.5 Å². The number of nitro benzene ring substituents is 2. The van der Waals surface area contributed by atoms with Gasteiger partial charge in [-0.15, -0.1) is 0 Å². The monoisotopic (exact) mass is 335 g/mol. The number of ketones is 1. The van der Waals surface area contributed by atoms with Crippen LogP contribution >= 0.6 is 0 Å². The van der Waals surface area contributed by atoms with Crippen LogP contribution in [0.5, 0.6) is 0 Å². The van der Waals surface area contributed by atoms with Crippen molar-refractivity contribution in [2.45, 2.75) is 32.6 Å². The van der Waals surface area contributed by atoms with E-state index in [1.165, 1.54) is 19.1 Å². The standard InChI is InChI=1S/C15H17N3O6/c1-9(19)15-13(17(21)22)7-12(8-14(15)18(23)24)11-3-5-16(6-4-11)10(2)20/h7-8,11H,3-6H2,1-2H3. The molecule has 128 valence electrons. The fraction of sp³-hybridized carbons (Fsp3) is 0.467. The molecule has 1 aliphatic rings. The number of hydrogen-bond acceptors (Lipinski definition) is 6. The Hall–Kier alpha value is -2.84. The van der Waals surface area contributed by atoms with Gasteiger partial charge in [0.05, 0.1) is 9.85 Å². The van der Waals surface area contributed by atoms with E-state index in [4.69, 9.17) is 0 Å². The van der Waals surface area contributed by atoms with Crippen molar-refractivity contribution in [3.63, 3.8) is 0 Å². The zero-order valence-electron chi connectivity index (χ0n) is 13.4. The number of likely N-dealkylation sites (tertiary alicyclic amines) is 1. The first-order chi connectivity index (χ1) is 11.2. The molecule has 0 aromatic heterocycles. The molecule has 24 heavy (non-hydrogen) atoms. The summed E-state index contributed by atoms with van der Waals surface area (Å²) in [5.41, 5.74) is -1.10. The van der Waals surface area contributed by atoms with Crippen LogP contribution in [0.15, 0.2) is 12.1 Å². The molecule has 0 unspecified atom stereocenters. The molecule has 1 fully saturated rings. The molecule has 0 N–H and O–H groups in total. The maximum Gasteiger partial charge on any atom is 0.287 e.